The Morgan fingerprint density at radius 1 is 0.491 bits per heavy atom. The van der Waals surface area contributed by atoms with Crippen molar-refractivity contribution in [2.24, 2.45) is 0 Å². The average molecular weight is 804 g/mol. The van der Waals surface area contributed by atoms with Crippen molar-refractivity contribution in [3.05, 3.63) is 24.3 Å². The van der Waals surface area contributed by atoms with Crippen molar-refractivity contribution in [1.29, 1.82) is 0 Å². The quantitative estimate of drug-likeness (QED) is 0.0324. The molecule has 2 unspecified atom stereocenters. The number of nitrogens with one attached hydrogen (secondary N) is 1. The number of hydrogen-bond donors (Lipinski definition) is 3. The predicted octanol–water partition coefficient (Wildman–Crippen LogP) is 14.7. The Morgan fingerprint density at radius 3 is 1.39 bits per heavy atom. The number of carbonyl (C=O) groups is 2. The number of hydrogen-bond acceptors (Lipinski definition) is 5. The molecular formula is C51H97NO5. The maximum absolute atomic E-state index is 12.4. The fraction of sp³-hybridized carbons (Fsp3) is 0.882. The molecular weight excluding hydrogens is 707 g/mol. The zero-order valence-corrected chi connectivity index (χ0v) is 38.1. The summed E-state index contributed by atoms with van der Waals surface area (Å²) in [5.41, 5.74) is 0. The van der Waals surface area contributed by atoms with Crippen LogP contribution in [0.3, 0.4) is 0 Å². The van der Waals surface area contributed by atoms with Gasteiger partial charge in [-0.25, -0.2) is 0 Å². The summed E-state index contributed by atoms with van der Waals surface area (Å²) in [6.07, 6.45) is 54.2. The molecule has 0 heterocycles. The summed E-state index contributed by atoms with van der Waals surface area (Å²) in [5, 5.41) is 23.2. The van der Waals surface area contributed by atoms with Gasteiger partial charge in [0, 0.05) is 12.8 Å². The van der Waals surface area contributed by atoms with Crippen LogP contribution in [0.5, 0.6) is 0 Å². The molecule has 0 rings (SSSR count). The van der Waals surface area contributed by atoms with Gasteiger partial charge in [0.1, 0.15) is 0 Å². The van der Waals surface area contributed by atoms with Gasteiger partial charge in [-0.15, -0.1) is 0 Å². The number of aliphatic hydroxyl groups excluding tert-OH is 2. The lowest BCUT2D eigenvalue weighted by Crippen LogP contribution is -2.45. The normalized spacial score (nSPS) is 12.8. The Bertz CT molecular complexity index is 889. The Morgan fingerprint density at radius 2 is 0.895 bits per heavy atom. The maximum atomic E-state index is 12.4. The zero-order valence-electron chi connectivity index (χ0n) is 38.1. The van der Waals surface area contributed by atoms with Crippen LogP contribution in [0, 0.1) is 0 Å². The Kier molecular flexibility index (Phi) is 45.7. The van der Waals surface area contributed by atoms with Gasteiger partial charge in [0.15, 0.2) is 0 Å². The van der Waals surface area contributed by atoms with E-state index in [2.05, 4.69) is 43.5 Å². The van der Waals surface area contributed by atoms with Gasteiger partial charge in [0.25, 0.3) is 0 Å². The molecule has 0 fully saturated rings. The molecule has 6 nitrogen and oxygen atoms in total. The summed E-state index contributed by atoms with van der Waals surface area (Å²) in [5.74, 6) is -0.0693. The molecule has 0 spiro atoms. The molecule has 0 aromatic carbocycles. The van der Waals surface area contributed by atoms with E-state index in [1.807, 2.05) is 0 Å². The number of aliphatic hydroxyl groups is 2. The number of amides is 1. The first-order valence-corrected chi connectivity index (χ1v) is 25.1. The van der Waals surface area contributed by atoms with Crippen molar-refractivity contribution in [3.8, 4) is 0 Å². The smallest absolute Gasteiger partial charge is 0.305 e. The molecule has 1 amide bonds. The predicted molar refractivity (Wildman–Crippen MR) is 246 cm³/mol. The number of unbranched alkanes of at least 4 members (excludes halogenated alkanes) is 31. The second-order valence-electron chi connectivity index (χ2n) is 17.1. The first-order valence-electron chi connectivity index (χ1n) is 25.1. The van der Waals surface area contributed by atoms with Crippen molar-refractivity contribution in [3.63, 3.8) is 0 Å². The molecule has 0 aromatic rings. The van der Waals surface area contributed by atoms with E-state index in [0.717, 1.165) is 64.2 Å². The van der Waals surface area contributed by atoms with E-state index < -0.39 is 12.1 Å². The number of allylic oxidation sites excluding steroid dienone is 4. The van der Waals surface area contributed by atoms with Gasteiger partial charge < -0.3 is 20.3 Å². The standard InChI is InChI=1S/C51H97NO5/c1-3-5-7-9-11-13-15-17-21-25-29-33-37-41-45-51(56)57-46-42-38-34-30-26-22-18-20-24-28-32-36-40-44-50(55)52-48(47-53)49(54)43-39-35-31-27-23-19-16-14-12-10-8-6-4-2/h9,11,15,17,48-49,53-54H,3-8,10,12-14,16,18-47H2,1-2H3,(H,52,55)/b11-9-,17-15-. The minimum absolute atomic E-state index is 0.0203. The molecule has 3 N–H and O–H groups in total. The number of ether oxygens (including phenoxy) is 1. The molecule has 0 saturated heterocycles. The van der Waals surface area contributed by atoms with Crippen LogP contribution in [0.1, 0.15) is 264 Å². The first kappa shape index (κ1) is 55.3. The number of esters is 1. The fourth-order valence-electron chi connectivity index (χ4n) is 7.60. The van der Waals surface area contributed by atoms with Crippen molar-refractivity contribution >= 4 is 11.9 Å². The minimum Gasteiger partial charge on any atom is -0.466 e. The Hall–Kier alpha value is -1.66. The molecule has 0 aliphatic rings. The molecule has 0 aromatic heterocycles. The van der Waals surface area contributed by atoms with Crippen molar-refractivity contribution < 1.29 is 24.5 Å². The topological polar surface area (TPSA) is 95.9 Å². The summed E-state index contributed by atoms with van der Waals surface area (Å²) < 4.78 is 5.45. The van der Waals surface area contributed by atoms with E-state index in [1.54, 1.807) is 0 Å². The van der Waals surface area contributed by atoms with Gasteiger partial charge in [0.2, 0.25) is 5.91 Å². The third-order valence-electron chi connectivity index (χ3n) is 11.5. The molecule has 0 saturated carbocycles. The van der Waals surface area contributed by atoms with Crippen LogP contribution in [-0.4, -0.2) is 47.4 Å². The van der Waals surface area contributed by atoms with Gasteiger partial charge in [-0.2, -0.15) is 0 Å². The molecule has 0 aliphatic carbocycles. The highest BCUT2D eigenvalue weighted by atomic mass is 16.5. The van der Waals surface area contributed by atoms with Gasteiger partial charge in [0.05, 0.1) is 25.4 Å². The maximum Gasteiger partial charge on any atom is 0.305 e. The highest BCUT2D eigenvalue weighted by molar-refractivity contribution is 5.76. The lowest BCUT2D eigenvalue weighted by molar-refractivity contribution is -0.143. The SMILES string of the molecule is CCCC/C=C\C/C=C\CCCCCCCC(=O)OCCCCCCCCCCCCCCCC(=O)NC(CO)C(O)CCCCCCCCCCCCCCC. The summed E-state index contributed by atoms with van der Waals surface area (Å²) in [6, 6.07) is -0.550. The second kappa shape index (κ2) is 47.0. The van der Waals surface area contributed by atoms with Gasteiger partial charge in [-0.3, -0.25) is 9.59 Å². The van der Waals surface area contributed by atoms with E-state index >= 15 is 0 Å². The first-order chi connectivity index (χ1) is 28.0. The van der Waals surface area contributed by atoms with Gasteiger partial charge >= 0.3 is 5.97 Å². The fourth-order valence-corrected chi connectivity index (χ4v) is 7.60. The molecule has 0 radical (unpaired) electrons. The van der Waals surface area contributed by atoms with E-state index in [0.29, 0.717) is 25.9 Å². The molecule has 0 bridgehead atoms. The summed E-state index contributed by atoms with van der Waals surface area (Å²) in [7, 11) is 0. The van der Waals surface area contributed by atoms with Crippen molar-refractivity contribution in [1.82, 2.24) is 5.32 Å². The number of rotatable bonds is 46. The van der Waals surface area contributed by atoms with Crippen LogP contribution in [0.2, 0.25) is 0 Å². The third-order valence-corrected chi connectivity index (χ3v) is 11.5. The van der Waals surface area contributed by atoms with Crippen LogP contribution in [0.4, 0.5) is 0 Å². The molecule has 57 heavy (non-hydrogen) atoms. The molecule has 6 heteroatoms. The van der Waals surface area contributed by atoms with Crippen molar-refractivity contribution in [2.75, 3.05) is 13.2 Å². The third kappa shape index (κ3) is 43.7. The Labute approximate surface area is 354 Å². The van der Waals surface area contributed by atoms with Crippen molar-refractivity contribution in [2.45, 2.75) is 276 Å². The van der Waals surface area contributed by atoms with Crippen LogP contribution in [0.15, 0.2) is 24.3 Å². The van der Waals surface area contributed by atoms with E-state index in [9.17, 15) is 19.8 Å². The zero-order chi connectivity index (χ0) is 41.5. The van der Waals surface area contributed by atoms with E-state index in [4.69, 9.17) is 4.74 Å². The van der Waals surface area contributed by atoms with E-state index in [1.165, 1.54) is 167 Å². The summed E-state index contributed by atoms with van der Waals surface area (Å²) in [4.78, 5) is 24.4. The molecule has 2 atom stereocenters. The van der Waals surface area contributed by atoms with Crippen LogP contribution < -0.4 is 5.32 Å². The van der Waals surface area contributed by atoms with Crippen LogP contribution >= 0.6 is 0 Å². The van der Waals surface area contributed by atoms with Gasteiger partial charge in [-0.1, -0.05) is 224 Å². The van der Waals surface area contributed by atoms with Crippen LogP contribution in [0.25, 0.3) is 0 Å². The minimum atomic E-state index is -0.672. The lowest BCUT2D eigenvalue weighted by Gasteiger charge is -2.22. The number of carbonyl (C=O) groups excluding carboxylic acids is 2. The highest BCUT2D eigenvalue weighted by Gasteiger charge is 2.20. The lowest BCUT2D eigenvalue weighted by atomic mass is 10.0. The van der Waals surface area contributed by atoms with E-state index in [-0.39, 0.29) is 18.5 Å². The second-order valence-corrected chi connectivity index (χ2v) is 17.1. The Balaban J connectivity index is 3.46. The largest absolute Gasteiger partial charge is 0.466 e. The average Bonchev–Trinajstić information content (AvgIpc) is 3.21. The van der Waals surface area contributed by atoms with Gasteiger partial charge in [-0.05, 0) is 51.4 Å². The summed E-state index contributed by atoms with van der Waals surface area (Å²) in [6.45, 7) is 4.87. The monoisotopic (exact) mass is 804 g/mol. The summed E-state index contributed by atoms with van der Waals surface area (Å²) >= 11 is 0. The highest BCUT2D eigenvalue weighted by Crippen LogP contribution is 2.16. The van der Waals surface area contributed by atoms with Crippen LogP contribution in [-0.2, 0) is 14.3 Å². The molecule has 336 valence electrons. The molecule has 0 aliphatic heterocycles.